The summed E-state index contributed by atoms with van der Waals surface area (Å²) in [5.74, 6) is -0.315. The topological polar surface area (TPSA) is 40.5 Å². The molecule has 0 amide bonds. The zero-order chi connectivity index (χ0) is 14.4. The third-order valence-electron chi connectivity index (χ3n) is 3.37. The van der Waals surface area contributed by atoms with Crippen LogP contribution in [0.2, 0.25) is 0 Å². The Morgan fingerprint density at radius 3 is 2.37 bits per heavy atom. The lowest BCUT2D eigenvalue weighted by molar-refractivity contribution is 0.0697. The fourth-order valence-electron chi connectivity index (χ4n) is 2.41. The normalized spacial score (nSPS) is 11.1. The first-order chi connectivity index (χ1) is 8.99. The van der Waals surface area contributed by atoms with E-state index in [1.54, 1.807) is 12.1 Å². The number of aromatic carboxylic acids is 1. The first kappa shape index (κ1) is 15.5. The van der Waals surface area contributed by atoms with Gasteiger partial charge in [0.25, 0.3) is 0 Å². The lowest BCUT2D eigenvalue weighted by atomic mass is 10.1. The zero-order valence-electron chi connectivity index (χ0n) is 12.4. The van der Waals surface area contributed by atoms with E-state index >= 15 is 0 Å². The van der Waals surface area contributed by atoms with Gasteiger partial charge in [0.2, 0.25) is 0 Å². The Bertz CT molecular complexity index is 411. The van der Waals surface area contributed by atoms with E-state index in [1.165, 1.54) is 0 Å². The Balaban J connectivity index is 3.08. The number of anilines is 1. The van der Waals surface area contributed by atoms with Gasteiger partial charge >= 0.3 is 5.97 Å². The molecule has 3 nitrogen and oxygen atoms in total. The van der Waals surface area contributed by atoms with E-state index in [9.17, 15) is 4.79 Å². The molecular weight excluding hydrogens is 238 g/mol. The third-order valence-corrected chi connectivity index (χ3v) is 3.37. The van der Waals surface area contributed by atoms with Gasteiger partial charge in [0.05, 0.1) is 5.56 Å². The van der Waals surface area contributed by atoms with Crippen LogP contribution in [0.1, 0.15) is 50.9 Å². The van der Waals surface area contributed by atoms with Crippen LogP contribution in [-0.2, 0) is 0 Å². The molecule has 0 fully saturated rings. The number of nitrogens with zero attached hydrogens (tertiary/aromatic N) is 1. The standard InChI is InChI=1S/C16H25NO2/c1-5-14(6-2)17(11-12(3)4)15-9-7-8-13(10-15)16(18)19/h7-10,12,14H,5-6,11H2,1-4H3,(H,18,19). The monoisotopic (exact) mass is 263 g/mol. The summed E-state index contributed by atoms with van der Waals surface area (Å²) < 4.78 is 0. The molecule has 0 aliphatic heterocycles. The smallest absolute Gasteiger partial charge is 0.335 e. The maximum Gasteiger partial charge on any atom is 0.335 e. The molecule has 1 N–H and O–H groups in total. The molecule has 0 aromatic heterocycles. The average molecular weight is 263 g/mol. The second-order valence-electron chi connectivity index (χ2n) is 5.37. The van der Waals surface area contributed by atoms with Gasteiger partial charge in [-0.2, -0.15) is 0 Å². The summed E-state index contributed by atoms with van der Waals surface area (Å²) in [5, 5.41) is 9.11. The van der Waals surface area contributed by atoms with Crippen molar-refractivity contribution in [2.75, 3.05) is 11.4 Å². The van der Waals surface area contributed by atoms with Gasteiger partial charge < -0.3 is 10.0 Å². The number of hydrogen-bond donors (Lipinski definition) is 1. The molecule has 0 saturated carbocycles. The number of hydrogen-bond acceptors (Lipinski definition) is 2. The van der Waals surface area contributed by atoms with Gasteiger partial charge in [0.1, 0.15) is 0 Å². The van der Waals surface area contributed by atoms with E-state index in [0.29, 0.717) is 17.5 Å². The number of rotatable bonds is 7. The highest BCUT2D eigenvalue weighted by molar-refractivity contribution is 5.88. The van der Waals surface area contributed by atoms with Gasteiger partial charge in [0, 0.05) is 18.3 Å². The van der Waals surface area contributed by atoms with Crippen molar-refractivity contribution in [3.63, 3.8) is 0 Å². The average Bonchev–Trinajstić information content (AvgIpc) is 2.38. The minimum atomic E-state index is -0.865. The van der Waals surface area contributed by atoms with Crippen LogP contribution < -0.4 is 4.90 Å². The van der Waals surface area contributed by atoms with E-state index in [0.717, 1.165) is 25.1 Å². The quantitative estimate of drug-likeness (QED) is 0.807. The second-order valence-corrected chi connectivity index (χ2v) is 5.37. The predicted octanol–water partition coefficient (Wildman–Crippen LogP) is 4.04. The van der Waals surface area contributed by atoms with Crippen LogP contribution >= 0.6 is 0 Å². The molecule has 0 spiro atoms. The first-order valence-electron chi connectivity index (χ1n) is 7.09. The zero-order valence-corrected chi connectivity index (χ0v) is 12.4. The Hall–Kier alpha value is -1.51. The van der Waals surface area contributed by atoms with Gasteiger partial charge in [-0.05, 0) is 37.0 Å². The van der Waals surface area contributed by atoms with Crippen LogP contribution in [0, 0.1) is 5.92 Å². The minimum Gasteiger partial charge on any atom is -0.478 e. The van der Waals surface area contributed by atoms with Gasteiger partial charge in [-0.25, -0.2) is 4.79 Å². The van der Waals surface area contributed by atoms with Crippen molar-refractivity contribution in [2.24, 2.45) is 5.92 Å². The summed E-state index contributed by atoms with van der Waals surface area (Å²) in [4.78, 5) is 13.4. The molecule has 0 radical (unpaired) electrons. The van der Waals surface area contributed by atoms with Crippen molar-refractivity contribution >= 4 is 11.7 Å². The van der Waals surface area contributed by atoms with Crippen LogP contribution in [-0.4, -0.2) is 23.7 Å². The molecule has 0 heterocycles. The minimum absolute atomic E-state index is 0.359. The molecule has 0 bridgehead atoms. The maximum atomic E-state index is 11.1. The SMILES string of the molecule is CCC(CC)N(CC(C)C)c1cccc(C(=O)O)c1. The first-order valence-corrected chi connectivity index (χ1v) is 7.09. The van der Waals surface area contributed by atoms with E-state index in [-0.39, 0.29) is 0 Å². The summed E-state index contributed by atoms with van der Waals surface area (Å²) in [6.07, 6.45) is 2.14. The molecule has 3 heteroatoms. The van der Waals surface area contributed by atoms with Crippen molar-refractivity contribution < 1.29 is 9.90 Å². The number of carbonyl (C=O) groups is 1. The van der Waals surface area contributed by atoms with Crippen molar-refractivity contribution in [3.05, 3.63) is 29.8 Å². The van der Waals surface area contributed by atoms with Crippen molar-refractivity contribution in [2.45, 2.75) is 46.6 Å². The summed E-state index contributed by atoms with van der Waals surface area (Å²) in [6.45, 7) is 9.70. The van der Waals surface area contributed by atoms with Gasteiger partial charge in [-0.1, -0.05) is 33.8 Å². The largest absolute Gasteiger partial charge is 0.478 e. The fraction of sp³-hybridized carbons (Fsp3) is 0.562. The van der Waals surface area contributed by atoms with E-state index in [1.807, 2.05) is 12.1 Å². The summed E-state index contributed by atoms with van der Waals surface area (Å²) in [7, 11) is 0. The van der Waals surface area contributed by atoms with Crippen LogP contribution in [0.3, 0.4) is 0 Å². The van der Waals surface area contributed by atoms with Crippen LogP contribution in [0.15, 0.2) is 24.3 Å². The Kier molecular flexibility index (Phi) is 5.87. The number of carboxylic acid groups (broad SMARTS) is 1. The molecule has 0 atom stereocenters. The summed E-state index contributed by atoms with van der Waals surface area (Å²) in [6, 6.07) is 7.73. The van der Waals surface area contributed by atoms with Crippen molar-refractivity contribution in [1.29, 1.82) is 0 Å². The highest BCUT2D eigenvalue weighted by Gasteiger charge is 2.17. The third kappa shape index (κ3) is 4.27. The molecule has 1 rings (SSSR count). The van der Waals surface area contributed by atoms with E-state index in [2.05, 4.69) is 32.6 Å². The van der Waals surface area contributed by atoms with Gasteiger partial charge in [-0.3, -0.25) is 0 Å². The molecular formula is C16H25NO2. The second kappa shape index (κ2) is 7.17. The molecule has 106 valence electrons. The molecule has 0 saturated heterocycles. The van der Waals surface area contributed by atoms with Crippen molar-refractivity contribution in [3.8, 4) is 0 Å². The molecule has 0 aliphatic carbocycles. The highest BCUT2D eigenvalue weighted by atomic mass is 16.4. The highest BCUT2D eigenvalue weighted by Crippen LogP contribution is 2.23. The molecule has 0 aliphatic rings. The van der Waals surface area contributed by atoms with E-state index < -0.39 is 5.97 Å². The molecule has 1 aromatic carbocycles. The van der Waals surface area contributed by atoms with Crippen LogP contribution in [0.4, 0.5) is 5.69 Å². The van der Waals surface area contributed by atoms with Crippen LogP contribution in [0.25, 0.3) is 0 Å². The van der Waals surface area contributed by atoms with Gasteiger partial charge in [0.15, 0.2) is 0 Å². The summed E-state index contributed by atoms with van der Waals surface area (Å²) in [5.41, 5.74) is 1.37. The van der Waals surface area contributed by atoms with Crippen LogP contribution in [0.5, 0.6) is 0 Å². The Morgan fingerprint density at radius 1 is 1.26 bits per heavy atom. The molecule has 0 unspecified atom stereocenters. The van der Waals surface area contributed by atoms with Gasteiger partial charge in [-0.15, -0.1) is 0 Å². The maximum absolute atomic E-state index is 11.1. The molecule has 1 aromatic rings. The predicted molar refractivity (Wildman–Crippen MR) is 80.0 cm³/mol. The Labute approximate surface area is 116 Å². The number of benzene rings is 1. The lowest BCUT2D eigenvalue weighted by Gasteiger charge is -2.34. The fourth-order valence-corrected chi connectivity index (χ4v) is 2.41. The lowest BCUT2D eigenvalue weighted by Crippen LogP contribution is -2.37. The molecule has 19 heavy (non-hydrogen) atoms. The summed E-state index contributed by atoms with van der Waals surface area (Å²) >= 11 is 0. The number of carboxylic acids is 1. The van der Waals surface area contributed by atoms with Crippen molar-refractivity contribution in [1.82, 2.24) is 0 Å². The Morgan fingerprint density at radius 2 is 1.89 bits per heavy atom. The van der Waals surface area contributed by atoms with E-state index in [4.69, 9.17) is 5.11 Å².